The third-order valence-electron chi connectivity index (χ3n) is 4.33. The van der Waals surface area contributed by atoms with E-state index in [1.807, 2.05) is 49.4 Å². The van der Waals surface area contributed by atoms with Gasteiger partial charge in [-0.1, -0.05) is 30.3 Å². The second-order valence-electron chi connectivity index (χ2n) is 6.44. The molecule has 3 aromatic rings. The van der Waals surface area contributed by atoms with Gasteiger partial charge in [-0.3, -0.25) is 4.90 Å². The monoisotopic (exact) mass is 335 g/mol. The predicted octanol–water partition coefficient (Wildman–Crippen LogP) is 3.21. The predicted molar refractivity (Wildman–Crippen MR) is 97.0 cm³/mol. The third-order valence-corrected chi connectivity index (χ3v) is 4.33. The Labute approximate surface area is 147 Å². The first-order valence-corrected chi connectivity index (χ1v) is 8.48. The SMILES string of the molecule is Cc1nc(CN(C)CC2COc3ccccc3O2)nc2ccccc12. The molecule has 2 heterocycles. The van der Waals surface area contributed by atoms with E-state index in [0.29, 0.717) is 13.2 Å². The number of benzene rings is 2. The van der Waals surface area contributed by atoms with Crippen molar-refractivity contribution in [1.29, 1.82) is 0 Å². The van der Waals surface area contributed by atoms with Crippen molar-refractivity contribution in [1.82, 2.24) is 14.9 Å². The summed E-state index contributed by atoms with van der Waals surface area (Å²) in [6, 6.07) is 15.9. The molecule has 1 unspecified atom stereocenters. The quantitative estimate of drug-likeness (QED) is 0.733. The van der Waals surface area contributed by atoms with Crippen molar-refractivity contribution in [2.24, 2.45) is 0 Å². The van der Waals surface area contributed by atoms with Crippen molar-refractivity contribution < 1.29 is 9.47 Å². The number of likely N-dealkylation sites (N-methyl/N-ethyl adjacent to an activating group) is 1. The number of para-hydroxylation sites is 3. The van der Waals surface area contributed by atoms with Crippen LogP contribution in [0.1, 0.15) is 11.5 Å². The summed E-state index contributed by atoms with van der Waals surface area (Å²) in [6.07, 6.45) is 0.00135. The second-order valence-corrected chi connectivity index (χ2v) is 6.44. The zero-order valence-corrected chi connectivity index (χ0v) is 14.5. The summed E-state index contributed by atoms with van der Waals surface area (Å²) in [7, 11) is 2.05. The van der Waals surface area contributed by atoms with E-state index in [9.17, 15) is 0 Å². The summed E-state index contributed by atoms with van der Waals surface area (Å²) in [6.45, 7) is 4.01. The Morgan fingerprint density at radius 3 is 2.68 bits per heavy atom. The van der Waals surface area contributed by atoms with Crippen LogP contribution in [0.5, 0.6) is 11.5 Å². The van der Waals surface area contributed by atoms with Crippen molar-refractivity contribution in [3.63, 3.8) is 0 Å². The number of fused-ring (bicyclic) bond motifs is 2. The molecule has 0 spiro atoms. The van der Waals surface area contributed by atoms with Crippen LogP contribution in [-0.2, 0) is 6.54 Å². The van der Waals surface area contributed by atoms with Gasteiger partial charge in [0, 0.05) is 17.6 Å². The van der Waals surface area contributed by atoms with Crippen LogP contribution >= 0.6 is 0 Å². The molecule has 0 saturated heterocycles. The van der Waals surface area contributed by atoms with Crippen LogP contribution in [0.2, 0.25) is 0 Å². The minimum Gasteiger partial charge on any atom is -0.486 e. The first-order valence-electron chi connectivity index (χ1n) is 8.48. The molecule has 25 heavy (non-hydrogen) atoms. The molecule has 0 radical (unpaired) electrons. The van der Waals surface area contributed by atoms with Crippen molar-refractivity contribution >= 4 is 10.9 Å². The van der Waals surface area contributed by atoms with E-state index < -0.39 is 0 Å². The normalized spacial score (nSPS) is 16.4. The van der Waals surface area contributed by atoms with E-state index in [1.165, 1.54) is 0 Å². The van der Waals surface area contributed by atoms with Crippen LogP contribution in [0.15, 0.2) is 48.5 Å². The highest BCUT2D eigenvalue weighted by Gasteiger charge is 2.22. The van der Waals surface area contributed by atoms with Crippen LogP contribution in [-0.4, -0.2) is 41.2 Å². The van der Waals surface area contributed by atoms with Gasteiger partial charge < -0.3 is 9.47 Å². The highest BCUT2D eigenvalue weighted by atomic mass is 16.6. The van der Waals surface area contributed by atoms with Gasteiger partial charge in [0.15, 0.2) is 11.5 Å². The van der Waals surface area contributed by atoms with Gasteiger partial charge >= 0.3 is 0 Å². The molecule has 0 saturated carbocycles. The molecule has 1 aromatic heterocycles. The van der Waals surface area contributed by atoms with Crippen LogP contribution in [0.4, 0.5) is 0 Å². The number of hydrogen-bond acceptors (Lipinski definition) is 5. The molecule has 2 aromatic carbocycles. The van der Waals surface area contributed by atoms with Gasteiger partial charge in [0.1, 0.15) is 18.5 Å². The van der Waals surface area contributed by atoms with Crippen molar-refractivity contribution in [3.8, 4) is 11.5 Å². The van der Waals surface area contributed by atoms with Gasteiger partial charge in [0.05, 0.1) is 12.1 Å². The van der Waals surface area contributed by atoms with E-state index in [-0.39, 0.29) is 6.10 Å². The Balaban J connectivity index is 1.43. The van der Waals surface area contributed by atoms with E-state index in [0.717, 1.165) is 40.5 Å². The zero-order chi connectivity index (χ0) is 17.2. The molecule has 1 atom stereocenters. The Kier molecular flexibility index (Phi) is 4.24. The van der Waals surface area contributed by atoms with Crippen molar-refractivity contribution in [2.75, 3.05) is 20.2 Å². The minimum atomic E-state index is 0.00135. The molecule has 128 valence electrons. The first kappa shape index (κ1) is 15.8. The Hall–Kier alpha value is -2.66. The maximum atomic E-state index is 6.03. The summed E-state index contributed by atoms with van der Waals surface area (Å²) in [5.74, 6) is 2.45. The molecule has 0 N–H and O–H groups in total. The standard InChI is InChI=1S/C20H21N3O2/c1-14-16-7-3-4-8-17(16)22-20(21-14)12-23(2)11-15-13-24-18-9-5-6-10-19(18)25-15/h3-10,15H,11-13H2,1-2H3. The minimum absolute atomic E-state index is 0.00135. The molecular weight excluding hydrogens is 314 g/mol. The number of nitrogens with zero attached hydrogens (tertiary/aromatic N) is 3. The second kappa shape index (κ2) is 6.69. The topological polar surface area (TPSA) is 47.5 Å². The molecule has 0 amide bonds. The Bertz CT molecular complexity index is 897. The number of rotatable bonds is 4. The number of hydrogen-bond donors (Lipinski definition) is 0. The van der Waals surface area contributed by atoms with Gasteiger partial charge in [0.25, 0.3) is 0 Å². The van der Waals surface area contributed by atoms with Crippen molar-refractivity contribution in [2.45, 2.75) is 19.6 Å². The van der Waals surface area contributed by atoms with Crippen LogP contribution in [0.25, 0.3) is 10.9 Å². The van der Waals surface area contributed by atoms with Crippen LogP contribution < -0.4 is 9.47 Å². The highest BCUT2D eigenvalue weighted by molar-refractivity contribution is 5.80. The lowest BCUT2D eigenvalue weighted by Gasteiger charge is -2.29. The molecule has 0 aliphatic carbocycles. The van der Waals surface area contributed by atoms with Crippen LogP contribution in [0, 0.1) is 6.92 Å². The largest absolute Gasteiger partial charge is 0.486 e. The number of aryl methyl sites for hydroxylation is 1. The Morgan fingerprint density at radius 2 is 1.80 bits per heavy atom. The van der Waals surface area contributed by atoms with Crippen LogP contribution in [0.3, 0.4) is 0 Å². The summed E-state index contributed by atoms with van der Waals surface area (Å²) in [5.41, 5.74) is 2.00. The molecule has 0 bridgehead atoms. The van der Waals surface area contributed by atoms with Gasteiger partial charge in [-0.2, -0.15) is 0 Å². The zero-order valence-electron chi connectivity index (χ0n) is 14.5. The molecule has 1 aliphatic heterocycles. The van der Waals surface area contributed by atoms with E-state index >= 15 is 0 Å². The summed E-state index contributed by atoms with van der Waals surface area (Å²) in [5, 5.41) is 1.11. The van der Waals surface area contributed by atoms with Gasteiger partial charge in [-0.05, 0) is 32.2 Å². The lowest BCUT2D eigenvalue weighted by Crippen LogP contribution is -2.39. The molecular formula is C20H21N3O2. The van der Waals surface area contributed by atoms with Gasteiger partial charge in [-0.15, -0.1) is 0 Å². The molecule has 1 aliphatic rings. The molecule has 5 heteroatoms. The number of aromatic nitrogens is 2. The fourth-order valence-corrected chi connectivity index (χ4v) is 3.17. The lowest BCUT2D eigenvalue weighted by atomic mass is 10.2. The fourth-order valence-electron chi connectivity index (χ4n) is 3.17. The van der Waals surface area contributed by atoms with E-state index in [2.05, 4.69) is 28.0 Å². The summed E-state index contributed by atoms with van der Waals surface area (Å²) < 4.78 is 11.8. The summed E-state index contributed by atoms with van der Waals surface area (Å²) >= 11 is 0. The maximum Gasteiger partial charge on any atom is 0.161 e. The Morgan fingerprint density at radius 1 is 1.04 bits per heavy atom. The first-order chi connectivity index (χ1) is 12.2. The van der Waals surface area contributed by atoms with Gasteiger partial charge in [0.2, 0.25) is 0 Å². The lowest BCUT2D eigenvalue weighted by molar-refractivity contribution is 0.0632. The molecule has 4 rings (SSSR count). The third kappa shape index (κ3) is 3.42. The smallest absolute Gasteiger partial charge is 0.161 e. The van der Waals surface area contributed by atoms with E-state index in [4.69, 9.17) is 9.47 Å². The van der Waals surface area contributed by atoms with Crippen molar-refractivity contribution in [3.05, 3.63) is 60.0 Å². The average molecular weight is 335 g/mol. The average Bonchev–Trinajstić information content (AvgIpc) is 2.61. The fraction of sp³-hybridized carbons (Fsp3) is 0.300. The summed E-state index contributed by atoms with van der Waals surface area (Å²) in [4.78, 5) is 11.5. The maximum absolute atomic E-state index is 6.03. The number of ether oxygens (including phenoxy) is 2. The van der Waals surface area contributed by atoms with Gasteiger partial charge in [-0.25, -0.2) is 9.97 Å². The van der Waals surface area contributed by atoms with E-state index in [1.54, 1.807) is 0 Å². The molecule has 5 nitrogen and oxygen atoms in total. The highest BCUT2D eigenvalue weighted by Crippen LogP contribution is 2.31. The molecule has 0 fully saturated rings.